The number of fused-ring (bicyclic) bond motifs is 3. The molecule has 0 saturated carbocycles. The largest absolute Gasteiger partial charge is 0.462 e. The average Bonchev–Trinajstić information content (AvgIpc) is 3.76. The number of Topliss-reactive ketones (excluding diaryl/α,β-unsaturated/α-hetero) is 1. The number of rotatable bonds is 1. The molecule has 2 bridgehead atoms. The summed E-state index contributed by atoms with van der Waals surface area (Å²) in [5.74, 6) is -2.20. The molecule has 41 heavy (non-hydrogen) atoms. The number of carbonyl (C=O) groups excluding carboxylic acids is 2. The first-order valence-electron chi connectivity index (χ1n) is 15.6. The highest BCUT2D eigenvalue weighted by molar-refractivity contribution is 6.03. The average molecular weight is 573 g/mol. The first-order valence-corrected chi connectivity index (χ1v) is 15.6. The lowest BCUT2D eigenvalue weighted by Crippen LogP contribution is -2.62. The van der Waals surface area contributed by atoms with E-state index in [1.807, 2.05) is 6.08 Å². The molecule has 0 radical (unpaired) electrons. The Morgan fingerprint density at radius 3 is 2.61 bits per heavy atom. The summed E-state index contributed by atoms with van der Waals surface area (Å²) < 4.78 is 37.9. The van der Waals surface area contributed by atoms with E-state index in [2.05, 4.69) is 33.8 Å². The molecule has 6 aliphatic heterocycles. The Hall–Kier alpha value is -1.62. The fourth-order valence-corrected chi connectivity index (χ4v) is 8.52. The van der Waals surface area contributed by atoms with Crippen LogP contribution in [0.1, 0.15) is 79.6 Å². The second-order valence-electron chi connectivity index (χ2n) is 14.1. The minimum atomic E-state index is -1.86. The Morgan fingerprint density at radius 2 is 1.83 bits per heavy atom. The Kier molecular flexibility index (Phi) is 6.48. The highest BCUT2D eigenvalue weighted by atomic mass is 16.7. The lowest BCUT2D eigenvalue weighted by atomic mass is 9.67. The summed E-state index contributed by atoms with van der Waals surface area (Å²) in [7, 11) is 0. The zero-order chi connectivity index (χ0) is 28.9. The van der Waals surface area contributed by atoms with E-state index in [1.165, 1.54) is 0 Å². The van der Waals surface area contributed by atoms with Crippen LogP contribution in [0.2, 0.25) is 0 Å². The molecule has 13 atom stereocenters. The molecule has 5 fully saturated rings. The Bertz CT molecular complexity index is 1180. The fourth-order valence-electron chi connectivity index (χ4n) is 8.52. The fraction of sp³-hybridized carbons (Fsp3) is 0.812. The normalized spacial score (nSPS) is 55.3. The molecule has 0 aromatic heterocycles. The number of epoxide rings is 2. The molecule has 0 unspecified atom stereocenters. The van der Waals surface area contributed by atoms with Crippen molar-refractivity contribution < 1.29 is 43.1 Å². The van der Waals surface area contributed by atoms with E-state index >= 15 is 0 Å². The van der Waals surface area contributed by atoms with Crippen LogP contribution in [0, 0.1) is 17.8 Å². The van der Waals surface area contributed by atoms with E-state index in [0.29, 0.717) is 30.8 Å². The molecule has 0 aromatic rings. The number of aliphatic hydroxyl groups is 1. The standard InChI is InChI=1S/C32H44O9/c1-6-23-18(3)9-10-30(39-23)15-21-12-20(38-30)13-25-29(5,40-25)14-17(2)7-8-24-31(41-24)16-36-27-26(33)19(4)11-22(28(34)37-21)32(27,31)35/h7-8,11,17-18,20-25,27,35H,6,9-10,12-16H2,1-5H3/b8-7-/t17-,18-,20-,21-,22-,23+,24-,25-,27+,29-,30+,31+,32+/m0/s1. The van der Waals surface area contributed by atoms with Gasteiger partial charge < -0.3 is 33.5 Å². The molecule has 9 heteroatoms. The maximum atomic E-state index is 14.0. The Balaban J connectivity index is 1.24. The second-order valence-corrected chi connectivity index (χ2v) is 14.1. The van der Waals surface area contributed by atoms with Gasteiger partial charge in [-0.05, 0) is 50.5 Å². The highest BCUT2D eigenvalue weighted by Crippen LogP contribution is 2.59. The van der Waals surface area contributed by atoms with Crippen molar-refractivity contribution >= 4 is 11.8 Å². The molecule has 7 rings (SSSR count). The van der Waals surface area contributed by atoms with Crippen LogP contribution in [0.4, 0.5) is 0 Å². The molecule has 0 aromatic carbocycles. The molecule has 1 N–H and O–H groups in total. The van der Waals surface area contributed by atoms with Crippen molar-refractivity contribution in [3.05, 3.63) is 23.8 Å². The van der Waals surface area contributed by atoms with Gasteiger partial charge in [0.2, 0.25) is 0 Å². The first kappa shape index (κ1) is 28.2. The van der Waals surface area contributed by atoms with Crippen LogP contribution >= 0.6 is 0 Å². The number of allylic oxidation sites excluding steroid dienone is 1. The van der Waals surface area contributed by atoms with Gasteiger partial charge in [-0.3, -0.25) is 9.59 Å². The van der Waals surface area contributed by atoms with E-state index in [9.17, 15) is 14.7 Å². The van der Waals surface area contributed by atoms with Gasteiger partial charge in [0, 0.05) is 25.7 Å². The van der Waals surface area contributed by atoms with Crippen molar-refractivity contribution in [1.82, 2.24) is 0 Å². The molecule has 0 amide bonds. The van der Waals surface area contributed by atoms with Gasteiger partial charge in [0.25, 0.3) is 0 Å². The third-order valence-corrected chi connectivity index (χ3v) is 11.0. The van der Waals surface area contributed by atoms with Crippen LogP contribution in [-0.2, 0) is 38.0 Å². The van der Waals surface area contributed by atoms with Crippen LogP contribution in [0.25, 0.3) is 0 Å². The lowest BCUT2D eigenvalue weighted by Gasteiger charge is -2.50. The number of carbonyl (C=O) groups is 2. The minimum absolute atomic E-state index is 0.0317. The van der Waals surface area contributed by atoms with Crippen molar-refractivity contribution in [3.63, 3.8) is 0 Å². The van der Waals surface area contributed by atoms with Gasteiger partial charge in [0.05, 0.1) is 30.5 Å². The predicted octanol–water partition coefficient (Wildman–Crippen LogP) is 3.55. The molecular weight excluding hydrogens is 528 g/mol. The summed E-state index contributed by atoms with van der Waals surface area (Å²) in [6.45, 7) is 10.3. The van der Waals surface area contributed by atoms with Gasteiger partial charge in [-0.25, -0.2) is 0 Å². The van der Waals surface area contributed by atoms with Gasteiger partial charge >= 0.3 is 5.97 Å². The number of esters is 1. The zero-order valence-electron chi connectivity index (χ0n) is 24.8. The van der Waals surface area contributed by atoms with E-state index in [-0.39, 0.29) is 42.2 Å². The summed E-state index contributed by atoms with van der Waals surface area (Å²) in [5.41, 5.74) is -2.92. The molecule has 9 nitrogen and oxygen atoms in total. The number of ether oxygens (including phenoxy) is 6. The van der Waals surface area contributed by atoms with Crippen LogP contribution in [0.5, 0.6) is 0 Å². The lowest BCUT2D eigenvalue weighted by molar-refractivity contribution is -0.336. The SMILES string of the molecule is CC[C@H]1O[C@]2(CC[C@@H]1C)C[C@@H]1C[C@@H](C[C@@H]3O[C@@]3(C)C[C@@H](C)/C=C\[C@@H]3O[C@]34CO[C@@H]3C(=O)C(C)=C[C@@H](C(=O)O1)[C@@]34O)O2. The summed E-state index contributed by atoms with van der Waals surface area (Å²) in [4.78, 5) is 27.2. The monoisotopic (exact) mass is 572 g/mol. The summed E-state index contributed by atoms with van der Waals surface area (Å²) >= 11 is 0. The maximum Gasteiger partial charge on any atom is 0.316 e. The van der Waals surface area contributed by atoms with Crippen LogP contribution in [-0.4, -0.2) is 82.7 Å². The van der Waals surface area contributed by atoms with Gasteiger partial charge in [-0.1, -0.05) is 39.0 Å². The van der Waals surface area contributed by atoms with Crippen molar-refractivity contribution in [1.29, 1.82) is 0 Å². The maximum absolute atomic E-state index is 14.0. The summed E-state index contributed by atoms with van der Waals surface area (Å²) in [6, 6.07) is 0. The topological polar surface area (TPSA) is 116 Å². The van der Waals surface area contributed by atoms with E-state index in [4.69, 9.17) is 28.4 Å². The first-order chi connectivity index (χ1) is 19.4. The van der Waals surface area contributed by atoms with E-state index < -0.39 is 47.2 Å². The second kappa shape index (κ2) is 9.44. The van der Waals surface area contributed by atoms with E-state index in [0.717, 1.165) is 25.7 Å². The van der Waals surface area contributed by atoms with Crippen molar-refractivity contribution in [2.24, 2.45) is 17.8 Å². The smallest absolute Gasteiger partial charge is 0.316 e. The highest BCUT2D eigenvalue weighted by Gasteiger charge is 2.80. The molecule has 6 heterocycles. The van der Waals surface area contributed by atoms with Crippen LogP contribution < -0.4 is 0 Å². The molecule has 5 saturated heterocycles. The van der Waals surface area contributed by atoms with Crippen molar-refractivity contribution in [3.8, 4) is 0 Å². The quantitative estimate of drug-likeness (QED) is 0.286. The summed E-state index contributed by atoms with van der Waals surface area (Å²) in [6.07, 6.45) is 8.45. The molecule has 2 spiro atoms. The molecule has 1 aliphatic carbocycles. The molecular formula is C32H44O9. The predicted molar refractivity (Wildman–Crippen MR) is 146 cm³/mol. The van der Waals surface area contributed by atoms with Crippen molar-refractivity contribution in [2.75, 3.05) is 6.61 Å². The van der Waals surface area contributed by atoms with E-state index in [1.54, 1.807) is 13.0 Å². The van der Waals surface area contributed by atoms with Gasteiger partial charge in [-0.15, -0.1) is 0 Å². The van der Waals surface area contributed by atoms with Crippen molar-refractivity contribution in [2.45, 2.75) is 139 Å². The zero-order valence-corrected chi connectivity index (χ0v) is 24.8. The van der Waals surface area contributed by atoms with Gasteiger partial charge in [-0.2, -0.15) is 0 Å². The number of ketones is 1. The number of hydrogen-bond acceptors (Lipinski definition) is 9. The molecule has 226 valence electrons. The minimum Gasteiger partial charge on any atom is -0.462 e. The molecule has 7 aliphatic rings. The number of hydrogen-bond donors (Lipinski definition) is 1. The van der Waals surface area contributed by atoms with Crippen LogP contribution in [0.15, 0.2) is 23.8 Å². The Labute approximate surface area is 241 Å². The van der Waals surface area contributed by atoms with Gasteiger partial charge in [0.15, 0.2) is 23.3 Å². The summed E-state index contributed by atoms with van der Waals surface area (Å²) in [5, 5.41) is 12.3. The van der Waals surface area contributed by atoms with Gasteiger partial charge in [0.1, 0.15) is 23.7 Å². The third kappa shape index (κ3) is 4.32. The van der Waals surface area contributed by atoms with Crippen LogP contribution in [0.3, 0.4) is 0 Å². The Morgan fingerprint density at radius 1 is 1.02 bits per heavy atom. The third-order valence-electron chi connectivity index (χ3n) is 11.0.